The Bertz CT molecular complexity index is 678. The molecule has 6 heteroatoms. The van der Waals surface area contributed by atoms with E-state index in [9.17, 15) is 0 Å². The van der Waals surface area contributed by atoms with Gasteiger partial charge in [0.15, 0.2) is 5.96 Å². The zero-order valence-corrected chi connectivity index (χ0v) is 17.7. The monoisotopic (exact) mass is 469 g/mol. The lowest BCUT2D eigenvalue weighted by Gasteiger charge is -2.12. The van der Waals surface area contributed by atoms with Gasteiger partial charge in [0.25, 0.3) is 0 Å². The number of anilines is 1. The average molecular weight is 469 g/mol. The van der Waals surface area contributed by atoms with Crippen molar-refractivity contribution in [3.63, 3.8) is 0 Å². The van der Waals surface area contributed by atoms with Gasteiger partial charge in [0.2, 0.25) is 0 Å². The Kier molecular flexibility index (Phi) is 10.5. The lowest BCUT2D eigenvalue weighted by Crippen LogP contribution is -2.23. The standard InChI is InChI=1S/C20H27N3O2.HI/c1-24-17-12-13-19(25-2)18(15-17)23-20(21)22-14-8-4-7-11-16-9-5-3-6-10-16;/h3,5-6,9-10,12-13,15H,4,7-8,11,14H2,1-2H3,(H3,21,22,23);1H. The van der Waals surface area contributed by atoms with Crippen LogP contribution in [0.2, 0.25) is 0 Å². The van der Waals surface area contributed by atoms with Crippen LogP contribution >= 0.6 is 24.0 Å². The predicted molar refractivity (Wildman–Crippen MR) is 119 cm³/mol. The van der Waals surface area contributed by atoms with E-state index in [4.69, 9.17) is 15.2 Å². The van der Waals surface area contributed by atoms with Gasteiger partial charge in [0.05, 0.1) is 19.9 Å². The van der Waals surface area contributed by atoms with Crippen molar-refractivity contribution >= 4 is 35.6 Å². The number of benzene rings is 2. The third-order valence-corrected chi connectivity index (χ3v) is 3.92. The summed E-state index contributed by atoms with van der Waals surface area (Å²) in [5, 5.41) is 3.08. The molecule has 3 N–H and O–H groups in total. The number of nitrogens with one attached hydrogen (secondary N) is 1. The minimum absolute atomic E-state index is 0. The fraction of sp³-hybridized carbons (Fsp3) is 0.350. The van der Waals surface area contributed by atoms with E-state index in [1.54, 1.807) is 14.2 Å². The molecule has 0 heterocycles. The second kappa shape index (κ2) is 12.4. The molecule has 0 unspecified atom stereocenters. The maximum Gasteiger partial charge on any atom is 0.193 e. The first-order valence-electron chi connectivity index (χ1n) is 8.56. The molecule has 142 valence electrons. The van der Waals surface area contributed by atoms with Gasteiger partial charge >= 0.3 is 0 Å². The summed E-state index contributed by atoms with van der Waals surface area (Å²) in [5.41, 5.74) is 8.10. The molecular formula is C20H28IN3O2. The molecule has 0 atom stereocenters. The number of halogens is 1. The summed E-state index contributed by atoms with van der Waals surface area (Å²) in [6.45, 7) is 0.708. The van der Waals surface area contributed by atoms with Crippen molar-refractivity contribution in [2.45, 2.75) is 25.7 Å². The fourth-order valence-electron chi connectivity index (χ4n) is 2.55. The molecule has 0 saturated carbocycles. The number of ether oxygens (including phenoxy) is 2. The smallest absolute Gasteiger partial charge is 0.193 e. The second-order valence-electron chi connectivity index (χ2n) is 5.75. The first kappa shape index (κ1) is 22.1. The summed E-state index contributed by atoms with van der Waals surface area (Å²) in [4.78, 5) is 4.38. The van der Waals surface area contributed by atoms with Crippen molar-refractivity contribution in [2.24, 2.45) is 10.7 Å². The van der Waals surface area contributed by atoms with Crippen molar-refractivity contribution in [3.05, 3.63) is 54.1 Å². The molecule has 5 nitrogen and oxygen atoms in total. The summed E-state index contributed by atoms with van der Waals surface area (Å²) in [6.07, 6.45) is 4.43. The normalized spacial score (nSPS) is 10.8. The van der Waals surface area contributed by atoms with Crippen molar-refractivity contribution < 1.29 is 9.47 Å². The third kappa shape index (κ3) is 7.51. The number of nitrogens with two attached hydrogens (primary N) is 1. The Morgan fingerprint density at radius 2 is 1.77 bits per heavy atom. The first-order chi connectivity index (χ1) is 12.2. The van der Waals surface area contributed by atoms with Gasteiger partial charge in [0.1, 0.15) is 11.5 Å². The molecule has 0 radical (unpaired) electrons. The van der Waals surface area contributed by atoms with Crippen LogP contribution in [0.3, 0.4) is 0 Å². The number of hydrogen-bond donors (Lipinski definition) is 2. The zero-order valence-electron chi connectivity index (χ0n) is 15.4. The molecule has 2 rings (SSSR count). The van der Waals surface area contributed by atoms with Crippen LogP contribution in [-0.4, -0.2) is 26.7 Å². The summed E-state index contributed by atoms with van der Waals surface area (Å²) >= 11 is 0. The van der Waals surface area contributed by atoms with Crippen LogP contribution < -0.4 is 20.5 Å². The number of methoxy groups -OCH3 is 2. The molecule has 0 aromatic heterocycles. The van der Waals surface area contributed by atoms with Crippen LogP contribution in [0.4, 0.5) is 5.69 Å². The van der Waals surface area contributed by atoms with Crippen molar-refractivity contribution in [1.82, 2.24) is 0 Å². The van der Waals surface area contributed by atoms with Crippen LogP contribution in [0.5, 0.6) is 11.5 Å². The largest absolute Gasteiger partial charge is 0.497 e. The Hall–Kier alpha value is -1.96. The Labute approximate surface area is 173 Å². The highest BCUT2D eigenvalue weighted by molar-refractivity contribution is 14.0. The summed E-state index contributed by atoms with van der Waals surface area (Å²) in [5.74, 6) is 1.81. The van der Waals surface area contributed by atoms with Gasteiger partial charge in [-0.1, -0.05) is 36.8 Å². The zero-order chi connectivity index (χ0) is 17.9. The highest BCUT2D eigenvalue weighted by Gasteiger charge is 2.05. The SMILES string of the molecule is COc1ccc(OC)c(NC(N)=NCCCCCc2ccccc2)c1.I. The van der Waals surface area contributed by atoms with Gasteiger partial charge in [-0.25, -0.2) is 0 Å². The van der Waals surface area contributed by atoms with E-state index < -0.39 is 0 Å². The van der Waals surface area contributed by atoms with Gasteiger partial charge < -0.3 is 20.5 Å². The minimum atomic E-state index is 0. The van der Waals surface area contributed by atoms with Gasteiger partial charge in [-0.05, 0) is 37.0 Å². The van der Waals surface area contributed by atoms with Crippen LogP contribution in [0.25, 0.3) is 0 Å². The molecule has 2 aromatic carbocycles. The third-order valence-electron chi connectivity index (χ3n) is 3.92. The summed E-state index contributed by atoms with van der Waals surface area (Å²) < 4.78 is 10.5. The molecule has 0 aliphatic rings. The average Bonchev–Trinajstić information content (AvgIpc) is 2.65. The maximum absolute atomic E-state index is 5.97. The number of nitrogens with zero attached hydrogens (tertiary/aromatic N) is 1. The number of hydrogen-bond acceptors (Lipinski definition) is 3. The Balaban J connectivity index is 0.00000338. The van der Waals surface area contributed by atoms with Gasteiger partial charge in [0, 0.05) is 12.6 Å². The molecule has 0 spiro atoms. The van der Waals surface area contributed by atoms with Crippen molar-refractivity contribution in [3.8, 4) is 11.5 Å². The highest BCUT2D eigenvalue weighted by atomic mass is 127. The van der Waals surface area contributed by atoms with E-state index in [0.717, 1.165) is 37.1 Å². The van der Waals surface area contributed by atoms with E-state index in [2.05, 4.69) is 34.6 Å². The molecule has 0 fully saturated rings. The molecule has 0 aliphatic heterocycles. The number of rotatable bonds is 9. The minimum Gasteiger partial charge on any atom is -0.497 e. The van der Waals surface area contributed by atoms with Gasteiger partial charge in [-0.2, -0.15) is 0 Å². The van der Waals surface area contributed by atoms with Crippen LogP contribution in [0, 0.1) is 0 Å². The molecule has 0 aliphatic carbocycles. The van der Waals surface area contributed by atoms with E-state index >= 15 is 0 Å². The molecule has 26 heavy (non-hydrogen) atoms. The van der Waals surface area contributed by atoms with E-state index in [1.807, 2.05) is 24.3 Å². The molecule has 0 saturated heterocycles. The molecule has 0 bridgehead atoms. The Morgan fingerprint density at radius 3 is 2.46 bits per heavy atom. The summed E-state index contributed by atoms with van der Waals surface area (Å²) in [6, 6.07) is 16.1. The van der Waals surface area contributed by atoms with Crippen molar-refractivity contribution in [1.29, 1.82) is 0 Å². The van der Waals surface area contributed by atoms with Gasteiger partial charge in [-0.15, -0.1) is 24.0 Å². The highest BCUT2D eigenvalue weighted by Crippen LogP contribution is 2.28. The van der Waals surface area contributed by atoms with Crippen LogP contribution in [0.15, 0.2) is 53.5 Å². The van der Waals surface area contributed by atoms with Crippen LogP contribution in [-0.2, 0) is 6.42 Å². The van der Waals surface area contributed by atoms with E-state index in [0.29, 0.717) is 18.3 Å². The number of aliphatic imine (C=N–C) groups is 1. The molecule has 2 aromatic rings. The number of aryl methyl sites for hydroxylation is 1. The second-order valence-corrected chi connectivity index (χ2v) is 5.75. The van der Waals surface area contributed by atoms with E-state index in [-0.39, 0.29) is 24.0 Å². The number of unbranched alkanes of at least 4 members (excludes halogenated alkanes) is 2. The molecular weight excluding hydrogens is 441 g/mol. The quantitative estimate of drug-likeness (QED) is 0.246. The summed E-state index contributed by atoms with van der Waals surface area (Å²) in [7, 11) is 3.24. The Morgan fingerprint density at radius 1 is 1.00 bits per heavy atom. The lowest BCUT2D eigenvalue weighted by molar-refractivity contribution is 0.405. The molecule has 0 amide bonds. The fourth-order valence-corrected chi connectivity index (χ4v) is 2.55. The topological polar surface area (TPSA) is 68.9 Å². The lowest BCUT2D eigenvalue weighted by atomic mass is 10.1. The van der Waals surface area contributed by atoms with Crippen LogP contribution in [0.1, 0.15) is 24.8 Å². The predicted octanol–water partition coefficient (Wildman–Crippen LogP) is 4.46. The van der Waals surface area contributed by atoms with Gasteiger partial charge in [-0.3, -0.25) is 4.99 Å². The number of guanidine groups is 1. The first-order valence-corrected chi connectivity index (χ1v) is 8.56. The van der Waals surface area contributed by atoms with E-state index in [1.165, 1.54) is 5.56 Å². The maximum atomic E-state index is 5.97. The van der Waals surface area contributed by atoms with Crippen molar-refractivity contribution in [2.75, 3.05) is 26.1 Å².